The Morgan fingerprint density at radius 3 is 2.57 bits per heavy atom. The lowest BCUT2D eigenvalue weighted by Crippen LogP contribution is -2.37. The Morgan fingerprint density at radius 2 is 1.86 bits per heavy atom. The molecule has 0 saturated heterocycles. The van der Waals surface area contributed by atoms with Crippen molar-refractivity contribution in [2.24, 2.45) is 4.99 Å². The maximum Gasteiger partial charge on any atom is 0.191 e. The second-order valence-electron chi connectivity index (χ2n) is 4.90. The molecule has 0 radical (unpaired) electrons. The highest BCUT2D eigenvalue weighted by Crippen LogP contribution is 2.21. The maximum absolute atomic E-state index is 5.25. The molecule has 2 aromatic rings. The van der Waals surface area contributed by atoms with Crippen LogP contribution in [0.5, 0.6) is 5.75 Å². The number of rotatable bonds is 5. The SMILES string of the molecule is CCCNC(=NC)NCc1ccc2cc(OC)ccc2c1. The fraction of sp³-hybridized carbons (Fsp3) is 0.353. The molecular formula is C17H23N3O. The maximum atomic E-state index is 5.25. The van der Waals surface area contributed by atoms with Crippen LogP contribution in [0.3, 0.4) is 0 Å². The van der Waals surface area contributed by atoms with E-state index in [9.17, 15) is 0 Å². The Hall–Kier alpha value is -2.23. The van der Waals surface area contributed by atoms with Crippen LogP contribution in [-0.2, 0) is 6.54 Å². The lowest BCUT2D eigenvalue weighted by molar-refractivity contribution is 0.415. The molecule has 0 saturated carbocycles. The van der Waals surface area contributed by atoms with Crippen molar-refractivity contribution in [3.8, 4) is 5.75 Å². The minimum atomic E-state index is 0.755. The molecule has 0 unspecified atom stereocenters. The third-order valence-electron chi connectivity index (χ3n) is 3.34. The van der Waals surface area contributed by atoms with Crippen LogP contribution in [0.25, 0.3) is 10.8 Å². The Kier molecular flexibility index (Phi) is 5.43. The van der Waals surface area contributed by atoms with E-state index in [1.807, 2.05) is 12.1 Å². The highest BCUT2D eigenvalue weighted by atomic mass is 16.5. The van der Waals surface area contributed by atoms with Crippen LogP contribution < -0.4 is 15.4 Å². The number of nitrogens with one attached hydrogen (secondary N) is 2. The number of hydrogen-bond donors (Lipinski definition) is 2. The zero-order valence-corrected chi connectivity index (χ0v) is 12.9. The molecular weight excluding hydrogens is 262 g/mol. The smallest absolute Gasteiger partial charge is 0.191 e. The van der Waals surface area contributed by atoms with E-state index in [0.29, 0.717) is 0 Å². The van der Waals surface area contributed by atoms with E-state index in [2.05, 4.69) is 46.8 Å². The fourth-order valence-electron chi connectivity index (χ4n) is 2.16. The van der Waals surface area contributed by atoms with Crippen LogP contribution in [0.15, 0.2) is 41.4 Å². The van der Waals surface area contributed by atoms with Gasteiger partial charge in [-0.05, 0) is 41.0 Å². The van der Waals surface area contributed by atoms with Gasteiger partial charge in [0.25, 0.3) is 0 Å². The lowest BCUT2D eigenvalue weighted by atomic mass is 10.1. The first kappa shape index (κ1) is 15.2. The van der Waals surface area contributed by atoms with Crippen LogP contribution >= 0.6 is 0 Å². The van der Waals surface area contributed by atoms with Gasteiger partial charge in [-0.25, -0.2) is 0 Å². The molecule has 112 valence electrons. The first-order chi connectivity index (χ1) is 10.3. The highest BCUT2D eigenvalue weighted by molar-refractivity contribution is 5.85. The molecule has 21 heavy (non-hydrogen) atoms. The van der Waals surface area contributed by atoms with Crippen molar-refractivity contribution in [1.82, 2.24) is 10.6 Å². The molecule has 0 aliphatic heterocycles. The van der Waals surface area contributed by atoms with E-state index < -0.39 is 0 Å². The van der Waals surface area contributed by atoms with Gasteiger partial charge < -0.3 is 15.4 Å². The van der Waals surface area contributed by atoms with Gasteiger partial charge >= 0.3 is 0 Å². The summed E-state index contributed by atoms with van der Waals surface area (Å²) in [6.07, 6.45) is 1.08. The summed E-state index contributed by atoms with van der Waals surface area (Å²) in [6, 6.07) is 12.6. The summed E-state index contributed by atoms with van der Waals surface area (Å²) < 4.78 is 5.25. The standard InChI is InChI=1S/C17H23N3O/c1-4-9-19-17(18-2)20-12-13-5-6-15-11-16(21-3)8-7-14(15)10-13/h5-8,10-11H,4,9,12H2,1-3H3,(H2,18,19,20). The van der Waals surface area contributed by atoms with Gasteiger partial charge in [-0.1, -0.05) is 25.1 Å². The topological polar surface area (TPSA) is 45.7 Å². The first-order valence-electron chi connectivity index (χ1n) is 7.28. The molecule has 4 nitrogen and oxygen atoms in total. The van der Waals surface area contributed by atoms with Crippen molar-refractivity contribution in [2.45, 2.75) is 19.9 Å². The monoisotopic (exact) mass is 285 g/mol. The van der Waals surface area contributed by atoms with Gasteiger partial charge in [-0.2, -0.15) is 0 Å². The summed E-state index contributed by atoms with van der Waals surface area (Å²) in [7, 11) is 3.48. The molecule has 2 aromatic carbocycles. The van der Waals surface area contributed by atoms with Gasteiger partial charge in [0.1, 0.15) is 5.75 Å². The molecule has 0 heterocycles. The second kappa shape index (κ2) is 7.53. The third kappa shape index (κ3) is 4.12. The molecule has 4 heteroatoms. The molecule has 0 amide bonds. The lowest BCUT2D eigenvalue weighted by Gasteiger charge is -2.11. The van der Waals surface area contributed by atoms with Crippen LogP contribution in [-0.4, -0.2) is 26.7 Å². The Labute approximate surface area is 126 Å². The molecule has 2 rings (SSSR count). The summed E-state index contributed by atoms with van der Waals surface area (Å²) in [6.45, 7) is 3.82. The van der Waals surface area contributed by atoms with Crippen LogP contribution in [0.1, 0.15) is 18.9 Å². The van der Waals surface area contributed by atoms with Crippen molar-refractivity contribution >= 4 is 16.7 Å². The van der Waals surface area contributed by atoms with Crippen LogP contribution in [0, 0.1) is 0 Å². The zero-order chi connectivity index (χ0) is 15.1. The number of aliphatic imine (C=N–C) groups is 1. The van der Waals surface area contributed by atoms with Crippen molar-refractivity contribution < 1.29 is 4.74 Å². The number of ether oxygens (including phenoxy) is 1. The van der Waals surface area contributed by atoms with Crippen molar-refractivity contribution in [2.75, 3.05) is 20.7 Å². The van der Waals surface area contributed by atoms with Crippen molar-refractivity contribution in [3.05, 3.63) is 42.0 Å². The Balaban J connectivity index is 2.05. The average Bonchev–Trinajstić information content (AvgIpc) is 2.54. The number of fused-ring (bicyclic) bond motifs is 1. The predicted octanol–water partition coefficient (Wildman–Crippen LogP) is 2.92. The van der Waals surface area contributed by atoms with E-state index in [1.165, 1.54) is 16.3 Å². The molecule has 0 fully saturated rings. The van der Waals surface area contributed by atoms with Gasteiger partial charge in [0, 0.05) is 20.1 Å². The van der Waals surface area contributed by atoms with E-state index >= 15 is 0 Å². The molecule has 0 atom stereocenters. The van der Waals surface area contributed by atoms with E-state index in [-0.39, 0.29) is 0 Å². The quantitative estimate of drug-likeness (QED) is 0.656. The molecule has 0 spiro atoms. The minimum Gasteiger partial charge on any atom is -0.497 e. The molecule has 0 aliphatic rings. The van der Waals surface area contributed by atoms with Crippen molar-refractivity contribution in [1.29, 1.82) is 0 Å². The van der Waals surface area contributed by atoms with Crippen molar-refractivity contribution in [3.63, 3.8) is 0 Å². The number of methoxy groups -OCH3 is 1. The van der Waals surface area contributed by atoms with Gasteiger partial charge in [0.05, 0.1) is 7.11 Å². The fourth-order valence-corrected chi connectivity index (χ4v) is 2.16. The highest BCUT2D eigenvalue weighted by Gasteiger charge is 2.00. The van der Waals surface area contributed by atoms with Gasteiger partial charge in [0.2, 0.25) is 0 Å². The largest absolute Gasteiger partial charge is 0.497 e. The summed E-state index contributed by atoms with van der Waals surface area (Å²) in [5, 5.41) is 8.99. The molecule has 2 N–H and O–H groups in total. The number of hydrogen-bond acceptors (Lipinski definition) is 2. The number of nitrogens with zero attached hydrogens (tertiary/aromatic N) is 1. The first-order valence-corrected chi connectivity index (χ1v) is 7.28. The summed E-state index contributed by atoms with van der Waals surface area (Å²) in [5.74, 6) is 1.73. The van der Waals surface area contributed by atoms with Crippen LogP contribution in [0.2, 0.25) is 0 Å². The summed E-state index contributed by atoms with van der Waals surface area (Å²) in [4.78, 5) is 4.20. The third-order valence-corrected chi connectivity index (χ3v) is 3.34. The zero-order valence-electron chi connectivity index (χ0n) is 12.9. The molecule has 0 bridgehead atoms. The number of guanidine groups is 1. The summed E-state index contributed by atoms with van der Waals surface area (Å²) >= 11 is 0. The molecule has 0 aromatic heterocycles. The Bertz CT molecular complexity index is 622. The Morgan fingerprint density at radius 1 is 1.10 bits per heavy atom. The van der Waals surface area contributed by atoms with Gasteiger partial charge in [-0.3, -0.25) is 4.99 Å². The number of benzene rings is 2. The van der Waals surface area contributed by atoms with Gasteiger partial charge in [-0.15, -0.1) is 0 Å². The second-order valence-corrected chi connectivity index (χ2v) is 4.90. The summed E-state index contributed by atoms with van der Waals surface area (Å²) in [5.41, 5.74) is 1.23. The predicted molar refractivity (Wildman–Crippen MR) is 89.0 cm³/mol. The molecule has 0 aliphatic carbocycles. The minimum absolute atomic E-state index is 0.755. The van der Waals surface area contributed by atoms with E-state index in [4.69, 9.17) is 4.74 Å². The van der Waals surface area contributed by atoms with E-state index in [0.717, 1.165) is 31.2 Å². The van der Waals surface area contributed by atoms with Crippen LogP contribution in [0.4, 0.5) is 0 Å². The van der Waals surface area contributed by atoms with Gasteiger partial charge in [0.15, 0.2) is 5.96 Å². The average molecular weight is 285 g/mol. The van der Waals surface area contributed by atoms with E-state index in [1.54, 1.807) is 14.2 Å². The normalized spacial score (nSPS) is 11.5.